The third-order valence-electron chi connectivity index (χ3n) is 3.06. The Morgan fingerprint density at radius 3 is 2.85 bits per heavy atom. The highest BCUT2D eigenvalue weighted by atomic mass is 32.1. The molecule has 0 aliphatic rings. The van der Waals surface area contributed by atoms with Crippen LogP contribution in [0.3, 0.4) is 0 Å². The van der Waals surface area contributed by atoms with Gasteiger partial charge in [0.2, 0.25) is 0 Å². The minimum atomic E-state index is -0.328. The molecule has 0 aliphatic heterocycles. The summed E-state index contributed by atoms with van der Waals surface area (Å²) in [6.45, 7) is 3.45. The molecule has 4 heteroatoms. The third kappa shape index (κ3) is 4.71. The Kier molecular flexibility index (Phi) is 6.18. The van der Waals surface area contributed by atoms with Gasteiger partial charge in [0.25, 0.3) is 0 Å². The Bertz CT molecular complexity index is 498. The number of aliphatic hydroxyl groups excluding tert-OH is 1. The van der Waals surface area contributed by atoms with Gasteiger partial charge < -0.3 is 9.84 Å². The molecule has 108 valence electrons. The smallest absolute Gasteiger partial charge is 0.0958 e. The van der Waals surface area contributed by atoms with Crippen LogP contribution in [0.5, 0.6) is 0 Å². The van der Waals surface area contributed by atoms with Gasteiger partial charge in [-0.1, -0.05) is 30.3 Å². The van der Waals surface area contributed by atoms with E-state index in [9.17, 15) is 5.11 Å². The van der Waals surface area contributed by atoms with Gasteiger partial charge in [0, 0.05) is 30.6 Å². The first kappa shape index (κ1) is 15.2. The average Bonchev–Trinajstić information content (AvgIpc) is 2.93. The molecule has 0 radical (unpaired) electrons. The van der Waals surface area contributed by atoms with Crippen molar-refractivity contribution in [2.75, 3.05) is 13.2 Å². The van der Waals surface area contributed by atoms with Crippen LogP contribution in [0.1, 0.15) is 24.8 Å². The molecular formula is C16H21NO2S. The Balaban J connectivity index is 1.83. The number of rotatable bonds is 8. The number of hydrogen-bond acceptors (Lipinski definition) is 4. The predicted molar refractivity (Wildman–Crippen MR) is 83.0 cm³/mol. The molecule has 20 heavy (non-hydrogen) atoms. The second kappa shape index (κ2) is 8.15. The highest BCUT2D eigenvalue weighted by Crippen LogP contribution is 2.22. The zero-order valence-corrected chi connectivity index (χ0v) is 12.6. The van der Waals surface area contributed by atoms with E-state index in [0.29, 0.717) is 6.42 Å². The van der Waals surface area contributed by atoms with E-state index in [2.05, 4.69) is 22.5 Å². The summed E-state index contributed by atoms with van der Waals surface area (Å²) in [4.78, 5) is 4.59. The van der Waals surface area contributed by atoms with E-state index < -0.39 is 0 Å². The van der Waals surface area contributed by atoms with Crippen molar-refractivity contribution in [3.8, 4) is 11.3 Å². The molecule has 1 aromatic carbocycles. The topological polar surface area (TPSA) is 42.4 Å². The van der Waals surface area contributed by atoms with Gasteiger partial charge in [0.1, 0.15) is 0 Å². The maximum atomic E-state index is 9.99. The first-order chi connectivity index (χ1) is 9.79. The number of ether oxygens (including phenoxy) is 1. The molecule has 1 unspecified atom stereocenters. The summed E-state index contributed by atoms with van der Waals surface area (Å²) < 4.78 is 5.27. The SMILES string of the molecule is CCOCCCC(O)Cc1nc(-c2ccccc2)cs1. The molecule has 2 aromatic rings. The van der Waals surface area contributed by atoms with Crippen LogP contribution < -0.4 is 0 Å². The van der Waals surface area contributed by atoms with E-state index in [1.54, 1.807) is 11.3 Å². The van der Waals surface area contributed by atoms with Crippen LogP contribution in [-0.4, -0.2) is 29.4 Å². The van der Waals surface area contributed by atoms with E-state index in [0.717, 1.165) is 42.3 Å². The quantitative estimate of drug-likeness (QED) is 0.757. The molecule has 0 spiro atoms. The summed E-state index contributed by atoms with van der Waals surface area (Å²) in [5.74, 6) is 0. The Morgan fingerprint density at radius 2 is 2.10 bits per heavy atom. The number of hydrogen-bond donors (Lipinski definition) is 1. The monoisotopic (exact) mass is 291 g/mol. The van der Waals surface area contributed by atoms with Crippen molar-refractivity contribution >= 4 is 11.3 Å². The molecule has 1 heterocycles. The summed E-state index contributed by atoms with van der Waals surface area (Å²) in [5.41, 5.74) is 2.12. The number of aromatic nitrogens is 1. The van der Waals surface area contributed by atoms with Crippen LogP contribution in [0.25, 0.3) is 11.3 Å². The molecule has 0 amide bonds. The van der Waals surface area contributed by atoms with Crippen molar-refractivity contribution in [2.45, 2.75) is 32.3 Å². The average molecular weight is 291 g/mol. The Labute approximate surface area is 124 Å². The van der Waals surface area contributed by atoms with E-state index in [1.807, 2.05) is 25.1 Å². The number of nitrogens with zero attached hydrogens (tertiary/aromatic N) is 1. The van der Waals surface area contributed by atoms with E-state index in [1.165, 1.54) is 0 Å². The highest BCUT2D eigenvalue weighted by molar-refractivity contribution is 7.09. The maximum Gasteiger partial charge on any atom is 0.0958 e. The summed E-state index contributed by atoms with van der Waals surface area (Å²) >= 11 is 1.61. The van der Waals surface area contributed by atoms with Crippen molar-refractivity contribution in [1.82, 2.24) is 4.98 Å². The molecule has 1 aromatic heterocycles. The van der Waals surface area contributed by atoms with Gasteiger partial charge in [-0.2, -0.15) is 0 Å². The summed E-state index contributed by atoms with van der Waals surface area (Å²) in [6.07, 6.45) is 1.96. The lowest BCUT2D eigenvalue weighted by molar-refractivity contribution is 0.114. The van der Waals surface area contributed by atoms with Crippen molar-refractivity contribution < 1.29 is 9.84 Å². The molecule has 2 rings (SSSR count). The van der Waals surface area contributed by atoms with Crippen LogP contribution in [0, 0.1) is 0 Å². The fourth-order valence-electron chi connectivity index (χ4n) is 2.02. The molecule has 3 nitrogen and oxygen atoms in total. The highest BCUT2D eigenvalue weighted by Gasteiger charge is 2.10. The third-order valence-corrected chi connectivity index (χ3v) is 3.93. The molecule has 0 fully saturated rings. The minimum Gasteiger partial charge on any atom is -0.393 e. The Morgan fingerprint density at radius 1 is 1.30 bits per heavy atom. The fraction of sp³-hybridized carbons (Fsp3) is 0.438. The summed E-state index contributed by atoms with van der Waals surface area (Å²) in [7, 11) is 0. The van der Waals surface area contributed by atoms with Crippen molar-refractivity contribution in [3.05, 3.63) is 40.7 Å². The van der Waals surface area contributed by atoms with Gasteiger partial charge in [-0.15, -0.1) is 11.3 Å². The molecule has 1 atom stereocenters. The number of thiazole rings is 1. The van der Waals surface area contributed by atoms with Crippen LogP contribution >= 0.6 is 11.3 Å². The number of aliphatic hydroxyl groups is 1. The first-order valence-corrected chi connectivity index (χ1v) is 7.93. The second-order valence-electron chi connectivity index (χ2n) is 4.69. The van der Waals surface area contributed by atoms with Gasteiger partial charge in [-0.05, 0) is 19.8 Å². The summed E-state index contributed by atoms with van der Waals surface area (Å²) in [6, 6.07) is 10.1. The fourth-order valence-corrected chi connectivity index (χ4v) is 2.89. The normalized spacial score (nSPS) is 12.5. The van der Waals surface area contributed by atoms with Crippen molar-refractivity contribution in [3.63, 3.8) is 0 Å². The zero-order chi connectivity index (χ0) is 14.2. The van der Waals surface area contributed by atoms with Crippen LogP contribution in [0.4, 0.5) is 0 Å². The Hall–Kier alpha value is -1.23. The molecule has 0 saturated carbocycles. The van der Waals surface area contributed by atoms with Gasteiger partial charge in [0.05, 0.1) is 16.8 Å². The largest absolute Gasteiger partial charge is 0.393 e. The first-order valence-electron chi connectivity index (χ1n) is 7.05. The lowest BCUT2D eigenvalue weighted by Gasteiger charge is -2.08. The standard InChI is InChI=1S/C16H21NO2S/c1-2-19-10-6-9-14(18)11-16-17-15(12-20-16)13-7-4-3-5-8-13/h3-5,7-8,12,14,18H,2,6,9-11H2,1H3. The predicted octanol–water partition coefficient (Wildman–Crippen LogP) is 3.53. The van der Waals surface area contributed by atoms with Gasteiger partial charge >= 0.3 is 0 Å². The second-order valence-corrected chi connectivity index (χ2v) is 5.63. The van der Waals surface area contributed by atoms with Crippen LogP contribution in [0.15, 0.2) is 35.7 Å². The van der Waals surface area contributed by atoms with Gasteiger partial charge in [-0.25, -0.2) is 4.98 Å². The number of benzene rings is 1. The van der Waals surface area contributed by atoms with E-state index in [-0.39, 0.29) is 6.10 Å². The maximum absolute atomic E-state index is 9.99. The van der Waals surface area contributed by atoms with E-state index >= 15 is 0 Å². The minimum absolute atomic E-state index is 0.328. The van der Waals surface area contributed by atoms with Gasteiger partial charge in [0.15, 0.2) is 0 Å². The molecule has 1 N–H and O–H groups in total. The van der Waals surface area contributed by atoms with Crippen molar-refractivity contribution in [1.29, 1.82) is 0 Å². The van der Waals surface area contributed by atoms with Crippen LogP contribution in [0.2, 0.25) is 0 Å². The molecule has 0 bridgehead atoms. The van der Waals surface area contributed by atoms with Crippen molar-refractivity contribution in [2.24, 2.45) is 0 Å². The van der Waals surface area contributed by atoms with Crippen LogP contribution in [-0.2, 0) is 11.2 Å². The lowest BCUT2D eigenvalue weighted by atomic mass is 10.1. The van der Waals surface area contributed by atoms with Gasteiger partial charge in [-0.3, -0.25) is 0 Å². The zero-order valence-electron chi connectivity index (χ0n) is 11.8. The molecular weight excluding hydrogens is 270 g/mol. The van der Waals surface area contributed by atoms with E-state index in [4.69, 9.17) is 4.74 Å². The lowest BCUT2D eigenvalue weighted by Crippen LogP contribution is -2.11. The summed E-state index contributed by atoms with van der Waals surface area (Å²) in [5, 5.41) is 13.0. The molecule has 0 aliphatic carbocycles. The molecule has 0 saturated heterocycles.